The molecule has 3 N–H and O–H groups in total. The number of rotatable bonds is 2. The lowest BCUT2D eigenvalue weighted by Crippen LogP contribution is -2.41. The highest BCUT2D eigenvalue weighted by Gasteiger charge is 2.26. The van der Waals surface area contributed by atoms with Gasteiger partial charge in [-0.1, -0.05) is 25.1 Å². The second-order valence-corrected chi connectivity index (χ2v) is 6.12. The van der Waals surface area contributed by atoms with Gasteiger partial charge in [0.2, 0.25) is 0 Å². The minimum atomic E-state index is 0.0917. The molecule has 4 heteroatoms. The van der Waals surface area contributed by atoms with E-state index in [0.717, 1.165) is 34.6 Å². The summed E-state index contributed by atoms with van der Waals surface area (Å²) < 4.78 is 0. The molecule has 2 atom stereocenters. The van der Waals surface area contributed by atoms with E-state index in [1.807, 2.05) is 18.2 Å². The largest absolute Gasteiger partial charge is 0.384 e. The zero-order valence-electron chi connectivity index (χ0n) is 12.6. The van der Waals surface area contributed by atoms with Crippen molar-refractivity contribution >= 4 is 22.4 Å². The van der Waals surface area contributed by atoms with Crippen LogP contribution in [0.3, 0.4) is 0 Å². The first-order chi connectivity index (χ1) is 10.1. The Labute approximate surface area is 125 Å². The fourth-order valence-corrected chi connectivity index (χ4v) is 3.37. The molecule has 21 heavy (non-hydrogen) atoms. The first-order valence-electron chi connectivity index (χ1n) is 7.56. The van der Waals surface area contributed by atoms with Crippen molar-refractivity contribution in [2.45, 2.75) is 32.7 Å². The summed E-state index contributed by atoms with van der Waals surface area (Å²) in [6.45, 7) is 5.58. The van der Waals surface area contributed by atoms with E-state index in [2.05, 4.69) is 29.8 Å². The molecular weight excluding hydrogens is 260 g/mol. The number of benzene rings is 1. The van der Waals surface area contributed by atoms with Crippen molar-refractivity contribution in [2.24, 2.45) is 11.7 Å². The van der Waals surface area contributed by atoms with Crippen molar-refractivity contribution in [3.05, 3.63) is 36.0 Å². The van der Waals surface area contributed by atoms with Gasteiger partial charge in [-0.2, -0.15) is 0 Å². The lowest BCUT2D eigenvalue weighted by molar-refractivity contribution is 0.378. The Balaban J connectivity index is 2.19. The Morgan fingerprint density at radius 3 is 2.81 bits per heavy atom. The summed E-state index contributed by atoms with van der Waals surface area (Å²) >= 11 is 0. The fourth-order valence-electron chi connectivity index (χ4n) is 3.37. The fraction of sp³-hybridized carbons (Fsp3) is 0.412. The summed E-state index contributed by atoms with van der Waals surface area (Å²) in [4.78, 5) is 6.85. The number of nitrogens with two attached hydrogens (primary N) is 1. The molecule has 0 saturated carbocycles. The molecule has 1 aromatic heterocycles. The van der Waals surface area contributed by atoms with Gasteiger partial charge in [-0.25, -0.2) is 0 Å². The number of nitrogens with zero attached hydrogens (tertiary/aromatic N) is 2. The molecule has 0 spiro atoms. The van der Waals surface area contributed by atoms with Crippen molar-refractivity contribution in [1.82, 2.24) is 4.98 Å². The first kappa shape index (κ1) is 13.9. The summed E-state index contributed by atoms with van der Waals surface area (Å²) in [6, 6.07) is 8.57. The molecule has 1 fully saturated rings. The summed E-state index contributed by atoms with van der Waals surface area (Å²) in [6.07, 6.45) is 4.09. The summed E-state index contributed by atoms with van der Waals surface area (Å²) in [5, 5.41) is 8.98. The number of piperidine rings is 1. The number of amidine groups is 1. The number of pyridine rings is 1. The highest BCUT2D eigenvalue weighted by molar-refractivity contribution is 6.07. The third-order valence-corrected chi connectivity index (χ3v) is 4.46. The molecule has 0 amide bonds. The van der Waals surface area contributed by atoms with Crippen LogP contribution in [0, 0.1) is 11.3 Å². The predicted molar refractivity (Wildman–Crippen MR) is 88.0 cm³/mol. The average molecular weight is 282 g/mol. The molecule has 2 heterocycles. The van der Waals surface area contributed by atoms with Gasteiger partial charge in [0, 0.05) is 24.2 Å². The van der Waals surface area contributed by atoms with Crippen LogP contribution in [-0.2, 0) is 0 Å². The molecule has 2 unspecified atom stereocenters. The van der Waals surface area contributed by atoms with E-state index in [-0.39, 0.29) is 5.84 Å². The van der Waals surface area contributed by atoms with Crippen molar-refractivity contribution < 1.29 is 0 Å². The van der Waals surface area contributed by atoms with Gasteiger partial charge in [-0.3, -0.25) is 10.4 Å². The number of para-hydroxylation sites is 1. The Bertz CT molecular complexity index is 680. The molecule has 110 valence electrons. The highest BCUT2D eigenvalue weighted by atomic mass is 15.2. The molecule has 0 aliphatic carbocycles. The first-order valence-corrected chi connectivity index (χ1v) is 7.56. The second-order valence-electron chi connectivity index (χ2n) is 6.12. The Hall–Kier alpha value is -2.10. The third kappa shape index (κ3) is 2.46. The zero-order chi connectivity index (χ0) is 15.0. The highest BCUT2D eigenvalue weighted by Crippen LogP contribution is 2.35. The Morgan fingerprint density at radius 1 is 1.33 bits per heavy atom. The van der Waals surface area contributed by atoms with E-state index in [0.29, 0.717) is 6.04 Å². The molecule has 1 saturated heterocycles. The Kier molecular flexibility index (Phi) is 3.53. The lowest BCUT2D eigenvalue weighted by atomic mass is 9.92. The molecule has 1 aliphatic heterocycles. The molecule has 4 nitrogen and oxygen atoms in total. The van der Waals surface area contributed by atoms with Crippen LogP contribution in [0.25, 0.3) is 10.9 Å². The smallest absolute Gasteiger partial charge is 0.126 e. The van der Waals surface area contributed by atoms with Crippen LogP contribution < -0.4 is 10.6 Å². The monoisotopic (exact) mass is 282 g/mol. The van der Waals surface area contributed by atoms with Gasteiger partial charge in [0.05, 0.1) is 16.8 Å². The maximum absolute atomic E-state index is 7.89. The number of nitrogen functional groups attached to an aromatic ring is 1. The van der Waals surface area contributed by atoms with Crippen molar-refractivity contribution in [2.75, 3.05) is 11.4 Å². The van der Waals surface area contributed by atoms with Crippen LogP contribution in [-0.4, -0.2) is 23.4 Å². The van der Waals surface area contributed by atoms with Crippen molar-refractivity contribution in [3.8, 4) is 0 Å². The van der Waals surface area contributed by atoms with Gasteiger partial charge in [-0.05, 0) is 31.7 Å². The van der Waals surface area contributed by atoms with E-state index in [1.54, 1.807) is 6.20 Å². The van der Waals surface area contributed by atoms with Gasteiger partial charge in [0.25, 0.3) is 0 Å². The van der Waals surface area contributed by atoms with Gasteiger partial charge >= 0.3 is 0 Å². The van der Waals surface area contributed by atoms with Crippen LogP contribution in [0.5, 0.6) is 0 Å². The number of hydrogen-bond donors (Lipinski definition) is 2. The van der Waals surface area contributed by atoms with Gasteiger partial charge in [-0.15, -0.1) is 0 Å². The average Bonchev–Trinajstić information content (AvgIpc) is 2.46. The molecule has 0 bridgehead atoms. The van der Waals surface area contributed by atoms with Crippen LogP contribution >= 0.6 is 0 Å². The van der Waals surface area contributed by atoms with Gasteiger partial charge in [0.15, 0.2) is 0 Å². The van der Waals surface area contributed by atoms with Gasteiger partial charge in [0.1, 0.15) is 5.84 Å². The molecule has 2 aromatic rings. The van der Waals surface area contributed by atoms with Crippen LogP contribution in [0.15, 0.2) is 30.5 Å². The number of anilines is 1. The molecule has 1 aliphatic rings. The lowest BCUT2D eigenvalue weighted by Gasteiger charge is -2.39. The van der Waals surface area contributed by atoms with E-state index in [4.69, 9.17) is 11.1 Å². The number of nitrogens with one attached hydrogen (secondary N) is 1. The topological polar surface area (TPSA) is 66.0 Å². The Morgan fingerprint density at radius 2 is 2.10 bits per heavy atom. The molecule has 1 aromatic carbocycles. The quantitative estimate of drug-likeness (QED) is 0.657. The predicted octanol–water partition coefficient (Wildman–Crippen LogP) is 3.14. The minimum Gasteiger partial charge on any atom is -0.384 e. The summed E-state index contributed by atoms with van der Waals surface area (Å²) in [7, 11) is 0. The summed E-state index contributed by atoms with van der Waals surface area (Å²) in [5.41, 5.74) is 8.58. The van der Waals surface area contributed by atoms with Gasteiger partial charge < -0.3 is 10.6 Å². The van der Waals surface area contributed by atoms with Crippen molar-refractivity contribution in [3.63, 3.8) is 0 Å². The number of aromatic nitrogens is 1. The zero-order valence-corrected chi connectivity index (χ0v) is 12.6. The minimum absolute atomic E-state index is 0.0917. The molecule has 3 rings (SSSR count). The van der Waals surface area contributed by atoms with E-state index in [9.17, 15) is 0 Å². The SMILES string of the molecule is CC1CCN(c2c(C(=N)N)cnc3ccccc23)C(C)C1. The number of hydrogen-bond acceptors (Lipinski definition) is 3. The second kappa shape index (κ2) is 5.35. The molecular formula is C17H22N4. The van der Waals surface area contributed by atoms with E-state index < -0.39 is 0 Å². The normalized spacial score (nSPS) is 22.5. The maximum atomic E-state index is 7.89. The molecule has 0 radical (unpaired) electrons. The van der Waals surface area contributed by atoms with E-state index in [1.165, 1.54) is 12.8 Å². The third-order valence-electron chi connectivity index (χ3n) is 4.46. The van der Waals surface area contributed by atoms with Crippen LogP contribution in [0.1, 0.15) is 32.3 Å². The number of fused-ring (bicyclic) bond motifs is 1. The maximum Gasteiger partial charge on any atom is 0.126 e. The standard InChI is InChI=1S/C17H22N4/c1-11-7-8-21(12(2)9-11)16-13-5-3-4-6-15(13)20-10-14(16)17(18)19/h3-6,10-12H,7-9H2,1-2H3,(H3,18,19). The van der Waals surface area contributed by atoms with Crippen molar-refractivity contribution in [1.29, 1.82) is 5.41 Å². The van der Waals surface area contributed by atoms with Crippen LogP contribution in [0.4, 0.5) is 5.69 Å². The van der Waals surface area contributed by atoms with Crippen LogP contribution in [0.2, 0.25) is 0 Å². The van der Waals surface area contributed by atoms with E-state index >= 15 is 0 Å². The summed E-state index contributed by atoms with van der Waals surface area (Å²) in [5.74, 6) is 0.846.